The second-order valence-corrected chi connectivity index (χ2v) is 8.40. The molecule has 0 N–H and O–H groups in total. The number of nitrogens with zero attached hydrogens (tertiary/aromatic N) is 1. The lowest BCUT2D eigenvalue weighted by molar-refractivity contribution is -0.143. The van der Waals surface area contributed by atoms with Gasteiger partial charge in [-0.15, -0.1) is 0 Å². The van der Waals surface area contributed by atoms with Crippen LogP contribution in [-0.4, -0.2) is 30.5 Å². The number of halogens is 2. The summed E-state index contributed by atoms with van der Waals surface area (Å²) in [6, 6.07) is 13.8. The maximum atomic E-state index is 13.5. The van der Waals surface area contributed by atoms with E-state index in [-0.39, 0.29) is 17.1 Å². The molecule has 1 aliphatic carbocycles. The molecule has 1 heterocycles. The number of hydrogen-bond acceptors (Lipinski definition) is 2. The fourth-order valence-electron chi connectivity index (χ4n) is 4.36. The minimum Gasteiger partial charge on any atom is -0.493 e. The molecular formula is C23H25ClFNO2. The number of benzene rings is 2. The average molecular weight is 402 g/mol. The fraction of sp³-hybridized carbons (Fsp3) is 0.435. The van der Waals surface area contributed by atoms with Crippen LogP contribution in [0, 0.1) is 11.7 Å². The Morgan fingerprint density at radius 1 is 1.11 bits per heavy atom. The number of amides is 1. The first kappa shape index (κ1) is 19.3. The smallest absolute Gasteiger partial charge is 0.233 e. The van der Waals surface area contributed by atoms with Gasteiger partial charge in [0, 0.05) is 24.0 Å². The number of ether oxygens (including phenoxy) is 1. The van der Waals surface area contributed by atoms with E-state index in [9.17, 15) is 9.18 Å². The van der Waals surface area contributed by atoms with Crippen molar-refractivity contribution in [1.82, 2.24) is 4.90 Å². The van der Waals surface area contributed by atoms with Crippen LogP contribution in [0.5, 0.6) is 5.75 Å². The van der Waals surface area contributed by atoms with E-state index in [0.717, 1.165) is 50.8 Å². The number of rotatable bonds is 5. The third kappa shape index (κ3) is 3.88. The Hall–Kier alpha value is -2.07. The zero-order valence-electron chi connectivity index (χ0n) is 15.9. The Morgan fingerprint density at radius 2 is 1.82 bits per heavy atom. The van der Waals surface area contributed by atoms with Crippen LogP contribution < -0.4 is 4.74 Å². The summed E-state index contributed by atoms with van der Waals surface area (Å²) in [6.07, 6.45) is 4.92. The summed E-state index contributed by atoms with van der Waals surface area (Å²) < 4.78 is 18.9. The van der Waals surface area contributed by atoms with Crippen molar-refractivity contribution in [2.45, 2.75) is 37.5 Å². The zero-order valence-corrected chi connectivity index (χ0v) is 16.6. The summed E-state index contributed by atoms with van der Waals surface area (Å²) in [4.78, 5) is 15.5. The van der Waals surface area contributed by atoms with E-state index in [1.165, 1.54) is 12.1 Å². The maximum Gasteiger partial charge on any atom is 0.233 e. The number of carbonyl (C=O) groups excluding carboxylic acids is 1. The van der Waals surface area contributed by atoms with Crippen molar-refractivity contribution < 1.29 is 13.9 Å². The van der Waals surface area contributed by atoms with Crippen molar-refractivity contribution in [2.24, 2.45) is 5.92 Å². The zero-order chi connectivity index (χ0) is 19.6. The molecule has 148 valence electrons. The third-order valence-electron chi connectivity index (χ3n) is 6.12. The normalized spacial score (nSPS) is 21.1. The topological polar surface area (TPSA) is 29.5 Å². The molecule has 0 bridgehead atoms. The van der Waals surface area contributed by atoms with Gasteiger partial charge in [0.25, 0.3) is 0 Å². The molecule has 2 aliphatic rings. The number of carbonyl (C=O) groups is 1. The molecule has 4 rings (SSSR count). The fourth-order valence-corrected chi connectivity index (χ4v) is 4.48. The standard InChI is InChI=1S/C23H25ClFNO2/c24-19-6-4-18(5-7-19)23(12-2-13-23)22(27)26-14-1-3-17(15-26)16-28-21-10-8-20(25)9-11-21/h4-11,17H,1-3,12-16H2/t17-/m1/s1. The van der Waals surface area contributed by atoms with Crippen LogP contribution >= 0.6 is 11.6 Å². The molecule has 28 heavy (non-hydrogen) atoms. The van der Waals surface area contributed by atoms with Crippen LogP contribution in [0.3, 0.4) is 0 Å². The number of piperidine rings is 1. The largest absolute Gasteiger partial charge is 0.493 e. The van der Waals surface area contributed by atoms with Gasteiger partial charge in [-0.05, 0) is 67.6 Å². The van der Waals surface area contributed by atoms with E-state index in [0.29, 0.717) is 23.3 Å². The summed E-state index contributed by atoms with van der Waals surface area (Å²) in [5.74, 6) is 0.939. The average Bonchev–Trinajstić information content (AvgIpc) is 2.68. The van der Waals surface area contributed by atoms with Gasteiger partial charge in [0.15, 0.2) is 0 Å². The van der Waals surface area contributed by atoms with Crippen LogP contribution in [0.4, 0.5) is 4.39 Å². The van der Waals surface area contributed by atoms with Gasteiger partial charge in [-0.2, -0.15) is 0 Å². The Morgan fingerprint density at radius 3 is 2.46 bits per heavy atom. The van der Waals surface area contributed by atoms with Crippen molar-refractivity contribution in [1.29, 1.82) is 0 Å². The van der Waals surface area contributed by atoms with Gasteiger partial charge in [0.1, 0.15) is 11.6 Å². The highest BCUT2D eigenvalue weighted by atomic mass is 35.5. The maximum absolute atomic E-state index is 13.5. The van der Waals surface area contributed by atoms with Crippen molar-refractivity contribution in [2.75, 3.05) is 19.7 Å². The minimum atomic E-state index is -0.385. The van der Waals surface area contributed by atoms with Crippen molar-refractivity contribution in [3.63, 3.8) is 0 Å². The van der Waals surface area contributed by atoms with E-state index in [1.807, 2.05) is 29.2 Å². The molecule has 0 radical (unpaired) electrons. The van der Waals surface area contributed by atoms with E-state index >= 15 is 0 Å². The molecule has 1 saturated heterocycles. The molecule has 0 aromatic heterocycles. The third-order valence-corrected chi connectivity index (χ3v) is 6.37. The summed E-state index contributed by atoms with van der Waals surface area (Å²) in [7, 11) is 0. The van der Waals surface area contributed by atoms with Crippen LogP contribution in [-0.2, 0) is 10.2 Å². The molecule has 2 aromatic carbocycles. The molecule has 0 unspecified atom stereocenters. The summed E-state index contributed by atoms with van der Waals surface area (Å²) in [5.41, 5.74) is 0.697. The molecule has 5 heteroatoms. The highest BCUT2D eigenvalue weighted by Gasteiger charge is 2.48. The second-order valence-electron chi connectivity index (χ2n) is 7.97. The Bertz CT molecular complexity index is 818. The Labute approximate surface area is 170 Å². The minimum absolute atomic E-state index is 0.243. The Kier molecular flexibility index (Phi) is 5.58. The highest BCUT2D eigenvalue weighted by molar-refractivity contribution is 6.30. The van der Waals surface area contributed by atoms with Gasteiger partial charge in [-0.3, -0.25) is 4.79 Å². The molecule has 0 spiro atoms. The number of likely N-dealkylation sites (tertiary alicyclic amines) is 1. The van der Waals surface area contributed by atoms with Crippen molar-refractivity contribution in [3.8, 4) is 5.75 Å². The molecule has 2 aromatic rings. The van der Waals surface area contributed by atoms with Crippen LogP contribution in [0.1, 0.15) is 37.7 Å². The van der Waals surface area contributed by atoms with E-state index < -0.39 is 0 Å². The molecule has 2 fully saturated rings. The number of hydrogen-bond donors (Lipinski definition) is 0. The SMILES string of the molecule is O=C(N1CCC[C@@H](COc2ccc(F)cc2)C1)C1(c2ccc(Cl)cc2)CCC1. The van der Waals surface area contributed by atoms with Gasteiger partial charge in [0.05, 0.1) is 12.0 Å². The quantitative estimate of drug-likeness (QED) is 0.687. The Balaban J connectivity index is 1.41. The summed E-state index contributed by atoms with van der Waals surface area (Å²) in [5, 5.41) is 0.696. The lowest BCUT2D eigenvalue weighted by Crippen LogP contribution is -2.54. The van der Waals surface area contributed by atoms with E-state index in [2.05, 4.69) is 0 Å². The van der Waals surface area contributed by atoms with E-state index in [4.69, 9.17) is 16.3 Å². The molecule has 1 amide bonds. The molecular weight excluding hydrogens is 377 g/mol. The summed E-state index contributed by atoms with van der Waals surface area (Å²) in [6.45, 7) is 2.07. The van der Waals surface area contributed by atoms with Gasteiger partial charge >= 0.3 is 0 Å². The molecule has 1 atom stereocenters. The lowest BCUT2D eigenvalue weighted by atomic mass is 9.63. The van der Waals surface area contributed by atoms with Crippen LogP contribution in [0.15, 0.2) is 48.5 Å². The second kappa shape index (κ2) is 8.12. The van der Waals surface area contributed by atoms with Crippen molar-refractivity contribution in [3.05, 3.63) is 64.9 Å². The highest BCUT2D eigenvalue weighted by Crippen LogP contribution is 2.46. The summed E-state index contributed by atoms with van der Waals surface area (Å²) >= 11 is 6.03. The predicted molar refractivity (Wildman–Crippen MR) is 108 cm³/mol. The first-order valence-corrected chi connectivity index (χ1v) is 10.4. The van der Waals surface area contributed by atoms with Crippen LogP contribution in [0.25, 0.3) is 0 Å². The van der Waals surface area contributed by atoms with Gasteiger partial charge in [0.2, 0.25) is 5.91 Å². The molecule has 1 saturated carbocycles. The first-order chi connectivity index (χ1) is 13.6. The first-order valence-electron chi connectivity index (χ1n) is 10.0. The van der Waals surface area contributed by atoms with Gasteiger partial charge in [-0.25, -0.2) is 4.39 Å². The van der Waals surface area contributed by atoms with Crippen LogP contribution in [0.2, 0.25) is 5.02 Å². The van der Waals surface area contributed by atoms with Gasteiger partial charge < -0.3 is 9.64 Å². The lowest BCUT2D eigenvalue weighted by Gasteiger charge is -2.46. The monoisotopic (exact) mass is 401 g/mol. The van der Waals surface area contributed by atoms with Gasteiger partial charge in [-0.1, -0.05) is 30.2 Å². The molecule has 3 nitrogen and oxygen atoms in total. The molecule has 1 aliphatic heterocycles. The van der Waals surface area contributed by atoms with Crippen molar-refractivity contribution >= 4 is 17.5 Å². The predicted octanol–water partition coefficient (Wildman–Crippen LogP) is 5.22. The van der Waals surface area contributed by atoms with E-state index in [1.54, 1.807) is 12.1 Å².